The zero-order chi connectivity index (χ0) is 64.3. The van der Waals surface area contributed by atoms with Gasteiger partial charge in [0.15, 0.2) is 11.2 Å². The summed E-state index contributed by atoms with van der Waals surface area (Å²) in [6, 6.07) is 4.92. The van der Waals surface area contributed by atoms with Gasteiger partial charge in [0.25, 0.3) is 16.8 Å². The van der Waals surface area contributed by atoms with E-state index in [1.165, 1.54) is 30.2 Å². The van der Waals surface area contributed by atoms with Gasteiger partial charge >= 0.3 is 11.5 Å². The molecule has 0 spiro atoms. The second kappa shape index (κ2) is 44.8. The van der Waals surface area contributed by atoms with Gasteiger partial charge in [0.2, 0.25) is 23.7 Å². The number of carbonyl (C=O) groups is 5. The number of carboxylic acids is 1. The Balaban J connectivity index is 0.886. The third-order valence-electron chi connectivity index (χ3n) is 12.8. The maximum atomic E-state index is 12.9. The van der Waals surface area contributed by atoms with Gasteiger partial charge in [-0.05, 0) is 75.8 Å². The molecule has 13 N–H and O–H groups in total. The van der Waals surface area contributed by atoms with E-state index in [1.807, 2.05) is 0 Å². The van der Waals surface area contributed by atoms with Crippen molar-refractivity contribution in [2.45, 2.75) is 70.9 Å². The molecule has 0 saturated carbocycles. The molecule has 0 radical (unpaired) electrons. The number of carbonyl (C=O) groups excluding carboxylic acids is 4. The van der Waals surface area contributed by atoms with Crippen molar-refractivity contribution < 1.29 is 71.7 Å². The molecule has 1 unspecified atom stereocenters. The summed E-state index contributed by atoms with van der Waals surface area (Å²) in [4.78, 5) is 112. The third kappa shape index (κ3) is 30.5. The maximum Gasteiger partial charge on any atom is 0.326 e. The van der Waals surface area contributed by atoms with Gasteiger partial charge in [0.05, 0.1) is 104 Å². The minimum absolute atomic E-state index is 0.0297. The summed E-state index contributed by atoms with van der Waals surface area (Å²) in [6.07, 6.45) is 4.90. The monoisotopic (exact) mass is 1260 g/mol. The predicted octanol–water partition coefficient (Wildman–Crippen LogP) is -1.29. The van der Waals surface area contributed by atoms with Crippen LogP contribution in [0.4, 0.5) is 23.0 Å². The van der Waals surface area contributed by atoms with Crippen LogP contribution in [0.5, 0.6) is 0 Å². The second-order valence-corrected chi connectivity index (χ2v) is 19.8. The Kier molecular flexibility index (Phi) is 37.2. The lowest BCUT2D eigenvalue weighted by Gasteiger charge is -2.20. The third-order valence-corrected chi connectivity index (χ3v) is 12.8. The molecule has 0 bridgehead atoms. The lowest BCUT2D eigenvalue weighted by atomic mass is 10.1. The van der Waals surface area contributed by atoms with E-state index in [4.69, 9.17) is 59.9 Å². The molecule has 0 aliphatic heterocycles. The molecule has 0 aliphatic rings. The van der Waals surface area contributed by atoms with Crippen LogP contribution in [0.3, 0.4) is 0 Å². The molecular weight excluding hydrogens is 1170 g/mol. The molecule has 1 atom stereocenters. The molecule has 89 heavy (non-hydrogen) atoms. The highest BCUT2D eigenvalue weighted by atomic mass is 16.6. The first-order valence-corrected chi connectivity index (χ1v) is 29.9. The highest BCUT2D eigenvalue weighted by molar-refractivity contribution is 5.97. The average Bonchev–Trinajstić information content (AvgIpc) is 2.77. The van der Waals surface area contributed by atoms with Crippen LogP contribution in [0.25, 0.3) is 11.2 Å². The van der Waals surface area contributed by atoms with E-state index in [0.717, 1.165) is 6.42 Å². The van der Waals surface area contributed by atoms with Gasteiger partial charge < -0.3 is 102 Å². The molecule has 32 heteroatoms. The van der Waals surface area contributed by atoms with Crippen molar-refractivity contribution in [3.63, 3.8) is 0 Å². The fourth-order valence-corrected chi connectivity index (χ4v) is 7.96. The smallest absolute Gasteiger partial charge is 0.326 e. The quantitative estimate of drug-likeness (QED) is 0.0140. The number of aromatic nitrogens is 4. The molecule has 0 aliphatic carbocycles. The van der Waals surface area contributed by atoms with Crippen LogP contribution >= 0.6 is 0 Å². The largest absolute Gasteiger partial charge is 0.480 e. The molecule has 4 rings (SSSR count). The SMILES string of the molecule is CC(=O)N(CCCOCCOCCOCCCNc1c(NCCCOCCOCCOCCCNC(=O)CCC(NC(=O)c2ccc(NCc3cnc4nc(N)n(N)c(=O)c4n3)cc2)C(=O)O)c(=O)c1=O)CC(=O)NCCCOCCOCCOCCCN. The van der Waals surface area contributed by atoms with Crippen molar-refractivity contribution in [3.8, 4) is 0 Å². The van der Waals surface area contributed by atoms with Crippen LogP contribution in [0, 0.1) is 0 Å². The van der Waals surface area contributed by atoms with Gasteiger partial charge in [0.1, 0.15) is 17.4 Å². The lowest BCUT2D eigenvalue weighted by Crippen LogP contribution is -2.41. The van der Waals surface area contributed by atoms with Gasteiger partial charge in [-0.1, -0.05) is 0 Å². The van der Waals surface area contributed by atoms with E-state index >= 15 is 0 Å². The first-order chi connectivity index (χ1) is 43.2. The molecule has 2 aromatic carbocycles. The molecule has 496 valence electrons. The predicted molar refractivity (Wildman–Crippen MR) is 329 cm³/mol. The van der Waals surface area contributed by atoms with Gasteiger partial charge in [-0.25, -0.2) is 14.8 Å². The summed E-state index contributed by atoms with van der Waals surface area (Å²) >= 11 is 0. The van der Waals surface area contributed by atoms with Crippen molar-refractivity contribution in [3.05, 3.63) is 72.5 Å². The van der Waals surface area contributed by atoms with Crippen molar-refractivity contribution in [1.82, 2.24) is 40.5 Å². The number of fused-ring (bicyclic) bond motifs is 1. The number of carboxylic acid groups (broad SMARTS) is 1. The average molecular weight is 1260 g/mol. The first kappa shape index (κ1) is 73.9. The number of rotatable bonds is 54. The van der Waals surface area contributed by atoms with Crippen LogP contribution in [-0.4, -0.2) is 230 Å². The minimum Gasteiger partial charge on any atom is -0.480 e. The van der Waals surface area contributed by atoms with E-state index in [2.05, 4.69) is 46.9 Å². The zero-order valence-corrected chi connectivity index (χ0v) is 50.9. The molecule has 32 nitrogen and oxygen atoms in total. The Labute approximate surface area is 515 Å². The fourth-order valence-electron chi connectivity index (χ4n) is 7.96. The van der Waals surface area contributed by atoms with Crippen molar-refractivity contribution in [2.24, 2.45) is 5.73 Å². The van der Waals surface area contributed by atoms with E-state index in [1.54, 1.807) is 12.1 Å². The highest BCUT2D eigenvalue weighted by Crippen LogP contribution is 2.15. The van der Waals surface area contributed by atoms with Gasteiger partial charge in [-0.2, -0.15) is 9.66 Å². The van der Waals surface area contributed by atoms with Crippen LogP contribution in [0.1, 0.15) is 74.3 Å². The number of anilines is 4. The van der Waals surface area contributed by atoms with Crippen molar-refractivity contribution in [1.29, 1.82) is 0 Å². The highest BCUT2D eigenvalue weighted by Gasteiger charge is 2.23. The Morgan fingerprint density at radius 3 is 1.55 bits per heavy atom. The van der Waals surface area contributed by atoms with Crippen LogP contribution in [-0.2, 0) is 68.4 Å². The van der Waals surface area contributed by atoms with E-state index in [0.29, 0.717) is 206 Å². The van der Waals surface area contributed by atoms with Crippen molar-refractivity contribution in [2.75, 3.05) is 192 Å². The lowest BCUT2D eigenvalue weighted by molar-refractivity contribution is -0.139. The Morgan fingerprint density at radius 2 is 1.07 bits per heavy atom. The number of nitrogens with zero attached hydrogens (tertiary/aromatic N) is 5. The van der Waals surface area contributed by atoms with E-state index < -0.39 is 34.3 Å². The number of hydrogen-bond donors (Lipinski definition) is 10. The van der Waals surface area contributed by atoms with Gasteiger partial charge in [-0.3, -0.25) is 33.6 Å². The summed E-state index contributed by atoms with van der Waals surface area (Å²) in [6.45, 7) is 11.6. The van der Waals surface area contributed by atoms with Gasteiger partial charge in [-0.15, -0.1) is 0 Å². The molecule has 2 aromatic heterocycles. The van der Waals surface area contributed by atoms with Crippen LogP contribution in [0.15, 0.2) is 44.8 Å². The van der Waals surface area contributed by atoms with Gasteiger partial charge in [0, 0.05) is 97.0 Å². The summed E-state index contributed by atoms with van der Waals surface area (Å²) in [5, 5.41) is 26.8. The number of benzene rings is 1. The molecule has 2 heterocycles. The second-order valence-electron chi connectivity index (χ2n) is 19.8. The van der Waals surface area contributed by atoms with Crippen molar-refractivity contribution >= 4 is 63.8 Å². The minimum atomic E-state index is -1.30. The number of nitrogens with two attached hydrogens (primary N) is 3. The number of nitrogen functional groups attached to an aromatic ring is 2. The van der Waals surface area contributed by atoms with Crippen LogP contribution < -0.4 is 65.6 Å². The number of nitrogens with one attached hydrogen (secondary N) is 6. The normalized spacial score (nSPS) is 11.6. The Hall–Kier alpha value is -7.53. The molecule has 0 saturated heterocycles. The number of aliphatic carboxylic acids is 1. The maximum absolute atomic E-state index is 12.9. The molecule has 0 fully saturated rings. The molecule has 4 aromatic rings. The van der Waals surface area contributed by atoms with E-state index in [9.17, 15) is 43.5 Å². The molecule has 4 amide bonds. The zero-order valence-electron chi connectivity index (χ0n) is 50.9. The summed E-state index contributed by atoms with van der Waals surface area (Å²) in [5.41, 5.74) is 11.0. The summed E-state index contributed by atoms with van der Waals surface area (Å²) in [5.74, 6) is 2.68. The van der Waals surface area contributed by atoms with E-state index in [-0.39, 0.29) is 77.7 Å². The fraction of sp³-hybridized carbons (Fsp3) is 0.632. The summed E-state index contributed by atoms with van der Waals surface area (Å²) in [7, 11) is 0. The Morgan fingerprint density at radius 1 is 0.607 bits per heavy atom. The summed E-state index contributed by atoms with van der Waals surface area (Å²) < 4.78 is 50.4. The van der Waals surface area contributed by atoms with Crippen LogP contribution in [0.2, 0.25) is 0 Å². The molecular formula is C57H90N14O18. The number of ether oxygens (including phenoxy) is 9. The number of hydrogen-bond acceptors (Lipinski definition) is 26. The number of amides is 4. The standard InChI is InChI=1S/C57H90N14O18/c1-41(72)70(40-47(74)62-16-4-22-83-28-33-87-32-26-81-20-2-14-58)19-7-25-86-31-37-89-36-30-85-24-6-18-64-49-48(51(75)52(49)76)63-17-5-23-84-29-35-88-34-27-82-21-3-15-61-46(73)13-12-45(56(79)80)68-54(77)42-8-10-43(11-9-42)65-38-44-39-66-53-50(67-44)55(78)71(60)57(59)69-53/h8-11,39,45,63-65H,2-7,12-38,40,58,60H2,1H3,(H,61,73)(H,62,74)(H,68,77)(H,79,80)(H2,59,66,69). The topological polar surface area (TPSA) is 437 Å². The Bertz CT molecular complexity index is 2840. The first-order valence-electron chi connectivity index (χ1n) is 29.9.